The van der Waals surface area contributed by atoms with Crippen LogP contribution in [0.25, 0.3) is 0 Å². The maximum atomic E-state index is 11.9. The summed E-state index contributed by atoms with van der Waals surface area (Å²) in [6.07, 6.45) is 0. The Morgan fingerprint density at radius 2 is 1.65 bits per heavy atom. The van der Waals surface area contributed by atoms with E-state index >= 15 is 0 Å². The van der Waals surface area contributed by atoms with Crippen LogP contribution in [-0.2, 0) is 0 Å². The molecule has 0 bridgehead atoms. The molecule has 0 aromatic heterocycles. The molecule has 0 fully saturated rings. The summed E-state index contributed by atoms with van der Waals surface area (Å²) in [5, 5.41) is 20.2. The van der Waals surface area contributed by atoms with E-state index in [0.29, 0.717) is 0 Å². The third kappa shape index (κ3) is 3.82. The minimum atomic E-state index is -0.679. The molecule has 0 aliphatic heterocycles. The minimum absolute atomic E-state index is 0.0222. The number of hydrazine groups is 1. The fourth-order valence-electron chi connectivity index (χ4n) is 1.82. The van der Waals surface area contributed by atoms with Crippen molar-refractivity contribution in [2.24, 2.45) is 0 Å². The van der Waals surface area contributed by atoms with Crippen LogP contribution in [0.2, 0.25) is 0 Å². The van der Waals surface area contributed by atoms with Crippen molar-refractivity contribution in [3.05, 3.63) is 69.3 Å². The molecule has 8 heteroatoms. The van der Waals surface area contributed by atoms with Gasteiger partial charge < -0.3 is 5.11 Å². The molecule has 2 aromatic carbocycles. The van der Waals surface area contributed by atoms with Crippen LogP contribution in [0.1, 0.15) is 26.3 Å². The number of rotatable bonds is 3. The molecule has 2 amide bonds. The zero-order valence-corrected chi connectivity index (χ0v) is 12.1. The zero-order valence-electron chi connectivity index (χ0n) is 12.1. The second-order valence-corrected chi connectivity index (χ2v) is 4.73. The molecule has 8 nitrogen and oxygen atoms in total. The van der Waals surface area contributed by atoms with Gasteiger partial charge in [0.05, 0.1) is 10.5 Å². The van der Waals surface area contributed by atoms with Crippen LogP contribution in [0.5, 0.6) is 5.75 Å². The molecule has 0 atom stereocenters. The lowest BCUT2D eigenvalue weighted by molar-refractivity contribution is -0.384. The number of carbonyl (C=O) groups excluding carboxylic acids is 2. The molecule has 0 saturated carbocycles. The number of hydrogen-bond acceptors (Lipinski definition) is 5. The van der Waals surface area contributed by atoms with Crippen molar-refractivity contribution in [3.63, 3.8) is 0 Å². The number of phenolic OH excluding ortho intramolecular Hbond substituents is 1. The van der Waals surface area contributed by atoms with Gasteiger partial charge in [0.2, 0.25) is 0 Å². The maximum absolute atomic E-state index is 11.9. The topological polar surface area (TPSA) is 122 Å². The van der Waals surface area contributed by atoms with Gasteiger partial charge in [0.15, 0.2) is 0 Å². The number of nitro groups is 1. The van der Waals surface area contributed by atoms with Gasteiger partial charge in [-0.1, -0.05) is 11.6 Å². The molecule has 23 heavy (non-hydrogen) atoms. The van der Waals surface area contributed by atoms with E-state index in [1.807, 2.05) is 0 Å². The monoisotopic (exact) mass is 315 g/mol. The molecule has 3 N–H and O–H groups in total. The van der Waals surface area contributed by atoms with E-state index in [-0.39, 0.29) is 22.6 Å². The number of nitrogens with one attached hydrogen (secondary N) is 2. The fourth-order valence-corrected chi connectivity index (χ4v) is 1.82. The highest BCUT2D eigenvalue weighted by molar-refractivity contribution is 6.00. The first-order valence-corrected chi connectivity index (χ1v) is 6.53. The van der Waals surface area contributed by atoms with Crippen LogP contribution in [-0.4, -0.2) is 21.8 Å². The van der Waals surface area contributed by atoms with Gasteiger partial charge in [-0.15, -0.1) is 0 Å². The summed E-state index contributed by atoms with van der Waals surface area (Å²) in [5.74, 6) is -1.53. The molecule has 0 unspecified atom stereocenters. The smallest absolute Gasteiger partial charge is 0.273 e. The first-order chi connectivity index (χ1) is 10.9. The molecular formula is C15H13N3O5. The normalized spacial score (nSPS) is 9.96. The van der Waals surface area contributed by atoms with Crippen molar-refractivity contribution in [2.75, 3.05) is 0 Å². The highest BCUT2D eigenvalue weighted by Gasteiger charge is 2.13. The average Bonchev–Trinajstić information content (AvgIpc) is 2.54. The summed E-state index contributed by atoms with van der Waals surface area (Å²) in [7, 11) is 0. The Morgan fingerprint density at radius 3 is 2.26 bits per heavy atom. The van der Waals surface area contributed by atoms with E-state index in [4.69, 9.17) is 0 Å². The van der Waals surface area contributed by atoms with Gasteiger partial charge in [0.25, 0.3) is 17.5 Å². The van der Waals surface area contributed by atoms with Crippen LogP contribution < -0.4 is 10.9 Å². The quantitative estimate of drug-likeness (QED) is 0.587. The van der Waals surface area contributed by atoms with Crippen molar-refractivity contribution in [1.82, 2.24) is 10.9 Å². The first-order valence-electron chi connectivity index (χ1n) is 6.53. The maximum Gasteiger partial charge on any atom is 0.273 e. The molecule has 0 saturated heterocycles. The molecule has 0 aliphatic rings. The number of nitro benzene ring substituents is 1. The summed E-state index contributed by atoms with van der Waals surface area (Å²) in [6, 6.07) is 9.40. The second kappa shape index (κ2) is 6.56. The van der Waals surface area contributed by atoms with Crippen LogP contribution in [0.15, 0.2) is 42.5 Å². The van der Waals surface area contributed by atoms with Crippen molar-refractivity contribution in [2.45, 2.75) is 6.92 Å². The third-order valence-corrected chi connectivity index (χ3v) is 3.03. The SMILES string of the molecule is Cc1ccc(O)c(C(=O)NNC(=O)c2ccc([N+](=O)[O-])cc2)c1. The molecule has 0 radical (unpaired) electrons. The Labute approximate surface area is 130 Å². The van der Waals surface area contributed by atoms with Crippen LogP contribution in [0.3, 0.4) is 0 Å². The third-order valence-electron chi connectivity index (χ3n) is 3.03. The van der Waals surface area contributed by atoms with Crippen LogP contribution in [0, 0.1) is 17.0 Å². The fraction of sp³-hybridized carbons (Fsp3) is 0.0667. The van der Waals surface area contributed by atoms with E-state index in [1.165, 1.54) is 36.4 Å². The summed E-state index contributed by atoms with van der Waals surface area (Å²) < 4.78 is 0. The van der Waals surface area contributed by atoms with Crippen LogP contribution in [0.4, 0.5) is 5.69 Å². The van der Waals surface area contributed by atoms with E-state index < -0.39 is 16.7 Å². The van der Waals surface area contributed by atoms with Crippen LogP contribution >= 0.6 is 0 Å². The number of hydrogen-bond donors (Lipinski definition) is 3. The van der Waals surface area contributed by atoms with Gasteiger partial charge in [-0.25, -0.2) is 0 Å². The Balaban J connectivity index is 2.02. The predicted octanol–water partition coefficient (Wildman–Crippen LogP) is 1.68. The second-order valence-electron chi connectivity index (χ2n) is 4.73. The van der Waals surface area contributed by atoms with E-state index in [0.717, 1.165) is 5.56 Å². The largest absolute Gasteiger partial charge is 0.507 e. The molecule has 0 aliphatic carbocycles. The van der Waals surface area contributed by atoms with Gasteiger partial charge in [-0.05, 0) is 31.2 Å². The van der Waals surface area contributed by atoms with E-state index in [2.05, 4.69) is 10.9 Å². The predicted molar refractivity (Wildman–Crippen MR) is 80.9 cm³/mol. The Bertz CT molecular complexity index is 771. The van der Waals surface area contributed by atoms with Gasteiger partial charge in [-0.3, -0.25) is 30.6 Å². The number of carbonyl (C=O) groups is 2. The molecule has 2 aromatic rings. The van der Waals surface area contributed by atoms with Crippen molar-refractivity contribution in [3.8, 4) is 5.75 Å². The summed E-state index contributed by atoms with van der Waals surface area (Å²) in [6.45, 7) is 1.76. The lowest BCUT2D eigenvalue weighted by Gasteiger charge is -2.09. The molecule has 0 spiro atoms. The standard InChI is InChI=1S/C15H13N3O5/c1-9-2-7-13(19)12(8-9)15(21)17-16-14(20)10-3-5-11(6-4-10)18(22)23/h2-8,19H,1H3,(H,16,20)(H,17,21). The Kier molecular flexibility index (Phi) is 4.55. The van der Waals surface area contributed by atoms with Crippen molar-refractivity contribution >= 4 is 17.5 Å². The molecule has 118 valence electrons. The summed E-state index contributed by atoms with van der Waals surface area (Å²) >= 11 is 0. The number of aryl methyl sites for hydroxylation is 1. The average molecular weight is 315 g/mol. The van der Waals surface area contributed by atoms with Crippen molar-refractivity contribution < 1.29 is 19.6 Å². The minimum Gasteiger partial charge on any atom is -0.507 e. The van der Waals surface area contributed by atoms with Gasteiger partial charge in [0.1, 0.15) is 5.75 Å². The van der Waals surface area contributed by atoms with E-state index in [1.54, 1.807) is 13.0 Å². The number of amides is 2. The summed E-state index contributed by atoms with van der Waals surface area (Å²) in [5.41, 5.74) is 5.14. The lowest BCUT2D eigenvalue weighted by Crippen LogP contribution is -2.41. The number of phenols is 1. The zero-order chi connectivity index (χ0) is 17.0. The molecule has 2 rings (SSSR count). The van der Waals surface area contributed by atoms with Gasteiger partial charge in [0, 0.05) is 17.7 Å². The lowest BCUT2D eigenvalue weighted by atomic mass is 10.1. The number of benzene rings is 2. The first kappa shape index (κ1) is 16.0. The highest BCUT2D eigenvalue weighted by Crippen LogP contribution is 2.17. The van der Waals surface area contributed by atoms with Gasteiger partial charge >= 0.3 is 0 Å². The summed E-state index contributed by atoms with van der Waals surface area (Å²) in [4.78, 5) is 33.7. The van der Waals surface area contributed by atoms with Crippen molar-refractivity contribution in [1.29, 1.82) is 0 Å². The number of aromatic hydroxyl groups is 1. The molecular weight excluding hydrogens is 302 g/mol. The molecule has 0 heterocycles. The highest BCUT2D eigenvalue weighted by atomic mass is 16.6. The number of nitrogens with zero attached hydrogens (tertiary/aromatic N) is 1. The number of non-ortho nitro benzene ring substituents is 1. The Hall–Kier alpha value is -3.42. The van der Waals surface area contributed by atoms with E-state index in [9.17, 15) is 24.8 Å². The Morgan fingerprint density at radius 1 is 1.04 bits per heavy atom. The van der Waals surface area contributed by atoms with Gasteiger partial charge in [-0.2, -0.15) is 0 Å².